The zero-order valence-electron chi connectivity index (χ0n) is 18.9. The highest BCUT2D eigenvalue weighted by atomic mass is 16.5. The summed E-state index contributed by atoms with van der Waals surface area (Å²) >= 11 is 0. The van der Waals surface area contributed by atoms with Crippen LogP contribution in [0.15, 0.2) is 53.7 Å². The van der Waals surface area contributed by atoms with Crippen molar-refractivity contribution in [1.82, 2.24) is 20.5 Å². The van der Waals surface area contributed by atoms with Crippen molar-refractivity contribution in [2.75, 3.05) is 33.3 Å². The lowest BCUT2D eigenvalue weighted by Gasteiger charge is -2.33. The molecular weight excluding hydrogens is 390 g/mol. The van der Waals surface area contributed by atoms with E-state index in [-0.39, 0.29) is 6.10 Å². The first-order chi connectivity index (χ1) is 15.2. The SMILES string of the molecule is CCNC(=NCC(C)Oc1cccc(OC)c1)NC1CCN(Cc2ccccn2)CC1. The van der Waals surface area contributed by atoms with Gasteiger partial charge >= 0.3 is 0 Å². The number of aliphatic imine (C=N–C) groups is 1. The highest BCUT2D eigenvalue weighted by Crippen LogP contribution is 2.20. The molecule has 0 bridgehead atoms. The number of guanidine groups is 1. The molecule has 3 rings (SSSR count). The first kappa shape index (κ1) is 22.9. The Hall–Kier alpha value is -2.80. The summed E-state index contributed by atoms with van der Waals surface area (Å²) in [5.74, 6) is 2.43. The molecule has 1 fully saturated rings. The fraction of sp³-hybridized carbons (Fsp3) is 0.500. The average molecular weight is 426 g/mol. The fourth-order valence-electron chi connectivity index (χ4n) is 3.63. The molecule has 168 valence electrons. The molecule has 1 unspecified atom stereocenters. The summed E-state index contributed by atoms with van der Waals surface area (Å²) < 4.78 is 11.2. The van der Waals surface area contributed by atoms with E-state index in [1.165, 1.54) is 0 Å². The average Bonchev–Trinajstić information content (AvgIpc) is 2.80. The molecule has 1 aliphatic rings. The minimum atomic E-state index is -0.0391. The minimum Gasteiger partial charge on any atom is -0.497 e. The van der Waals surface area contributed by atoms with Crippen LogP contribution >= 0.6 is 0 Å². The van der Waals surface area contributed by atoms with Crippen molar-refractivity contribution in [2.24, 2.45) is 4.99 Å². The Morgan fingerprint density at radius 2 is 2.00 bits per heavy atom. The summed E-state index contributed by atoms with van der Waals surface area (Å²) in [6.07, 6.45) is 4.00. The maximum Gasteiger partial charge on any atom is 0.191 e. The number of piperidine rings is 1. The van der Waals surface area contributed by atoms with Gasteiger partial charge in [0.15, 0.2) is 5.96 Å². The second kappa shape index (κ2) is 12.2. The number of hydrogen-bond donors (Lipinski definition) is 2. The minimum absolute atomic E-state index is 0.0391. The normalized spacial score (nSPS) is 16.5. The van der Waals surface area contributed by atoms with E-state index in [4.69, 9.17) is 14.5 Å². The predicted octanol–water partition coefficient (Wildman–Crippen LogP) is 3.08. The van der Waals surface area contributed by atoms with Gasteiger partial charge in [0.05, 0.1) is 19.3 Å². The number of benzene rings is 1. The van der Waals surface area contributed by atoms with Crippen molar-refractivity contribution in [3.8, 4) is 11.5 Å². The lowest BCUT2D eigenvalue weighted by atomic mass is 10.0. The van der Waals surface area contributed by atoms with Crippen molar-refractivity contribution >= 4 is 5.96 Å². The summed E-state index contributed by atoms with van der Waals surface area (Å²) in [5, 5.41) is 6.96. The standard InChI is InChI=1S/C24H35N5O2/c1-4-25-24(27-17-19(2)31-23-10-7-9-22(16-23)30-3)28-20-11-14-29(15-12-20)18-21-8-5-6-13-26-21/h5-10,13,16,19-20H,4,11-12,14-15,17-18H2,1-3H3,(H2,25,27,28). The van der Waals surface area contributed by atoms with E-state index in [0.29, 0.717) is 12.6 Å². The molecule has 1 saturated heterocycles. The number of methoxy groups -OCH3 is 1. The Labute approximate surface area is 185 Å². The van der Waals surface area contributed by atoms with Gasteiger partial charge in [-0.1, -0.05) is 12.1 Å². The molecule has 7 nitrogen and oxygen atoms in total. The van der Waals surface area contributed by atoms with Crippen LogP contribution < -0.4 is 20.1 Å². The van der Waals surface area contributed by atoms with Crippen LogP contribution in [0.5, 0.6) is 11.5 Å². The van der Waals surface area contributed by atoms with E-state index < -0.39 is 0 Å². The van der Waals surface area contributed by atoms with Crippen LogP contribution in [-0.4, -0.2) is 61.3 Å². The third-order valence-electron chi connectivity index (χ3n) is 5.27. The first-order valence-electron chi connectivity index (χ1n) is 11.1. The molecule has 0 radical (unpaired) electrons. The number of rotatable bonds is 9. The molecule has 1 aromatic carbocycles. The highest BCUT2D eigenvalue weighted by Gasteiger charge is 2.20. The third kappa shape index (κ3) is 7.75. The second-order valence-electron chi connectivity index (χ2n) is 7.84. The van der Waals surface area contributed by atoms with Gasteiger partial charge in [-0.3, -0.25) is 9.88 Å². The largest absolute Gasteiger partial charge is 0.497 e. The van der Waals surface area contributed by atoms with Crippen molar-refractivity contribution < 1.29 is 9.47 Å². The van der Waals surface area contributed by atoms with E-state index >= 15 is 0 Å². The Morgan fingerprint density at radius 3 is 2.71 bits per heavy atom. The Morgan fingerprint density at radius 1 is 1.19 bits per heavy atom. The van der Waals surface area contributed by atoms with Crippen molar-refractivity contribution in [2.45, 2.75) is 45.4 Å². The first-order valence-corrected chi connectivity index (χ1v) is 11.1. The van der Waals surface area contributed by atoms with Gasteiger partial charge in [0.25, 0.3) is 0 Å². The summed E-state index contributed by atoms with van der Waals surface area (Å²) in [4.78, 5) is 11.7. The lowest BCUT2D eigenvalue weighted by molar-refractivity contribution is 0.196. The number of aromatic nitrogens is 1. The molecule has 0 amide bonds. The molecule has 0 spiro atoms. The quantitative estimate of drug-likeness (QED) is 0.475. The number of nitrogens with zero attached hydrogens (tertiary/aromatic N) is 3. The van der Waals surface area contributed by atoms with Gasteiger partial charge < -0.3 is 20.1 Å². The summed E-state index contributed by atoms with van der Waals surface area (Å²) in [5.41, 5.74) is 1.13. The molecule has 0 aliphatic carbocycles. The molecule has 2 heterocycles. The van der Waals surface area contributed by atoms with Gasteiger partial charge in [0.2, 0.25) is 0 Å². The van der Waals surface area contributed by atoms with Gasteiger partial charge in [-0.05, 0) is 51.0 Å². The zero-order chi connectivity index (χ0) is 21.9. The zero-order valence-corrected chi connectivity index (χ0v) is 18.9. The molecule has 1 aromatic heterocycles. The number of ether oxygens (including phenoxy) is 2. The highest BCUT2D eigenvalue weighted by molar-refractivity contribution is 5.80. The van der Waals surface area contributed by atoms with E-state index in [1.807, 2.05) is 43.5 Å². The maximum atomic E-state index is 5.99. The van der Waals surface area contributed by atoms with Gasteiger partial charge in [0.1, 0.15) is 17.6 Å². The van der Waals surface area contributed by atoms with Crippen LogP contribution in [0, 0.1) is 0 Å². The third-order valence-corrected chi connectivity index (χ3v) is 5.27. The molecule has 2 N–H and O–H groups in total. The molecular formula is C24H35N5O2. The number of hydrogen-bond acceptors (Lipinski definition) is 5. The van der Waals surface area contributed by atoms with Gasteiger partial charge in [-0.25, -0.2) is 4.99 Å². The van der Waals surface area contributed by atoms with Crippen LogP contribution in [0.25, 0.3) is 0 Å². The van der Waals surface area contributed by atoms with Gasteiger partial charge in [0, 0.05) is 44.5 Å². The maximum absolute atomic E-state index is 5.99. The smallest absolute Gasteiger partial charge is 0.191 e. The summed E-state index contributed by atoms with van der Waals surface area (Å²) in [6, 6.07) is 14.2. The monoisotopic (exact) mass is 425 g/mol. The second-order valence-corrected chi connectivity index (χ2v) is 7.84. The predicted molar refractivity (Wildman–Crippen MR) is 125 cm³/mol. The molecule has 1 atom stereocenters. The number of nitrogens with one attached hydrogen (secondary N) is 2. The van der Waals surface area contributed by atoms with E-state index in [1.54, 1.807) is 7.11 Å². The number of pyridine rings is 1. The molecule has 0 saturated carbocycles. The summed E-state index contributed by atoms with van der Waals surface area (Å²) in [6.45, 7) is 8.55. The molecule has 2 aromatic rings. The van der Waals surface area contributed by atoms with Gasteiger partial charge in [-0.2, -0.15) is 0 Å². The van der Waals surface area contributed by atoms with Crippen molar-refractivity contribution in [3.05, 3.63) is 54.4 Å². The lowest BCUT2D eigenvalue weighted by Crippen LogP contribution is -2.48. The summed E-state index contributed by atoms with van der Waals surface area (Å²) in [7, 11) is 1.66. The van der Waals surface area contributed by atoms with Crippen LogP contribution in [0.3, 0.4) is 0 Å². The van der Waals surface area contributed by atoms with Crippen LogP contribution in [0.2, 0.25) is 0 Å². The van der Waals surface area contributed by atoms with Crippen molar-refractivity contribution in [1.29, 1.82) is 0 Å². The fourth-order valence-corrected chi connectivity index (χ4v) is 3.63. The van der Waals surface area contributed by atoms with Crippen LogP contribution in [0.4, 0.5) is 0 Å². The Kier molecular flexibility index (Phi) is 8.97. The molecule has 31 heavy (non-hydrogen) atoms. The van der Waals surface area contributed by atoms with Crippen LogP contribution in [0.1, 0.15) is 32.4 Å². The molecule has 7 heteroatoms. The number of likely N-dealkylation sites (tertiary alicyclic amines) is 1. The van der Waals surface area contributed by atoms with Crippen LogP contribution in [-0.2, 0) is 6.54 Å². The Bertz CT molecular complexity index is 807. The Balaban J connectivity index is 1.46. The van der Waals surface area contributed by atoms with Crippen molar-refractivity contribution in [3.63, 3.8) is 0 Å². The van der Waals surface area contributed by atoms with E-state index in [9.17, 15) is 0 Å². The van der Waals surface area contributed by atoms with E-state index in [0.717, 1.165) is 62.2 Å². The molecule has 1 aliphatic heterocycles. The topological polar surface area (TPSA) is 71.0 Å². The van der Waals surface area contributed by atoms with Gasteiger partial charge in [-0.15, -0.1) is 0 Å². The van der Waals surface area contributed by atoms with E-state index in [2.05, 4.69) is 39.6 Å².